The predicted octanol–water partition coefficient (Wildman–Crippen LogP) is 3.50. The minimum absolute atomic E-state index is 0.177. The zero-order valence-electron chi connectivity index (χ0n) is 21.4. The molecule has 1 aliphatic rings. The molecule has 0 spiro atoms. The second-order valence-corrected chi connectivity index (χ2v) is 10.1. The van der Waals surface area contributed by atoms with E-state index in [0.717, 1.165) is 0 Å². The lowest BCUT2D eigenvalue weighted by molar-refractivity contribution is -0.139. The molecule has 0 fully saturated rings. The van der Waals surface area contributed by atoms with Crippen molar-refractivity contribution in [3.63, 3.8) is 0 Å². The van der Waals surface area contributed by atoms with E-state index < -0.39 is 18.0 Å². The number of fused-ring (bicyclic) bond motifs is 1. The summed E-state index contributed by atoms with van der Waals surface area (Å²) in [6, 6.07) is 9.59. The van der Waals surface area contributed by atoms with Crippen LogP contribution in [0.15, 0.2) is 61.9 Å². The van der Waals surface area contributed by atoms with E-state index >= 15 is 0 Å². The van der Waals surface area contributed by atoms with Gasteiger partial charge in [-0.05, 0) is 71.2 Å². The lowest BCUT2D eigenvalue weighted by atomic mass is 9.95. The van der Waals surface area contributed by atoms with Gasteiger partial charge in [-0.2, -0.15) is 0 Å². The Kier molecular flexibility index (Phi) is 8.17. The first-order valence-electron chi connectivity index (χ1n) is 11.6. The number of hydrogen-bond donors (Lipinski definition) is 0. The summed E-state index contributed by atoms with van der Waals surface area (Å²) in [6.45, 7) is 4.95. The second kappa shape index (κ2) is 11.4. The number of carbonyl (C=O) groups excluding carboxylic acids is 2. The fourth-order valence-electron chi connectivity index (χ4n) is 4.13. The van der Waals surface area contributed by atoms with Crippen molar-refractivity contribution in [2.75, 3.05) is 20.8 Å². The molecule has 0 aliphatic carbocycles. The molecule has 0 N–H and O–H groups in total. The summed E-state index contributed by atoms with van der Waals surface area (Å²) in [6.07, 6.45) is 1.72. The number of carbonyl (C=O) groups is 2. The number of methoxy groups -OCH3 is 2. The Balaban J connectivity index is 1.91. The van der Waals surface area contributed by atoms with Crippen LogP contribution >= 0.6 is 27.3 Å². The molecular formula is C27H25BrN2O7S. The average molecular weight is 601 g/mol. The lowest BCUT2D eigenvalue weighted by Crippen LogP contribution is -2.39. The summed E-state index contributed by atoms with van der Waals surface area (Å²) in [5, 5.41) is 0. The fourth-order valence-corrected chi connectivity index (χ4v) is 5.65. The van der Waals surface area contributed by atoms with Crippen molar-refractivity contribution in [2.24, 2.45) is 4.99 Å². The van der Waals surface area contributed by atoms with Crippen LogP contribution in [0.4, 0.5) is 0 Å². The molecule has 198 valence electrons. The van der Waals surface area contributed by atoms with Crippen molar-refractivity contribution in [1.29, 1.82) is 0 Å². The minimum Gasteiger partial charge on any atom is -0.493 e. The van der Waals surface area contributed by atoms with Gasteiger partial charge < -0.3 is 18.9 Å². The summed E-state index contributed by atoms with van der Waals surface area (Å²) >= 11 is 4.61. The maximum Gasteiger partial charge on any atom is 0.338 e. The summed E-state index contributed by atoms with van der Waals surface area (Å²) in [7, 11) is 3.05. The van der Waals surface area contributed by atoms with Crippen LogP contribution in [0.2, 0.25) is 0 Å². The molecule has 4 rings (SSSR count). The number of thiazole rings is 1. The van der Waals surface area contributed by atoms with Gasteiger partial charge in [0.1, 0.15) is 5.75 Å². The predicted molar refractivity (Wildman–Crippen MR) is 145 cm³/mol. The zero-order chi connectivity index (χ0) is 27.6. The number of allylic oxidation sites excluding steroid dienone is 1. The molecule has 0 radical (unpaired) electrons. The van der Waals surface area contributed by atoms with Gasteiger partial charge in [0.05, 0.1) is 47.1 Å². The largest absolute Gasteiger partial charge is 0.493 e. The van der Waals surface area contributed by atoms with Gasteiger partial charge in [-0.3, -0.25) is 14.2 Å². The number of halogens is 1. The van der Waals surface area contributed by atoms with Crippen molar-refractivity contribution < 1.29 is 28.5 Å². The summed E-state index contributed by atoms with van der Waals surface area (Å²) in [4.78, 5) is 43.2. The van der Waals surface area contributed by atoms with Crippen LogP contribution in [0.3, 0.4) is 0 Å². The molecule has 0 saturated heterocycles. The Hall–Kier alpha value is -3.70. The summed E-state index contributed by atoms with van der Waals surface area (Å²) in [5.74, 6) is 0.370. The number of rotatable bonds is 7. The summed E-state index contributed by atoms with van der Waals surface area (Å²) in [5.41, 5.74) is 1.77. The quantitative estimate of drug-likeness (QED) is 0.302. The fraction of sp³-hybridized carbons (Fsp3) is 0.259. The molecule has 0 unspecified atom stereocenters. The maximum atomic E-state index is 13.8. The van der Waals surface area contributed by atoms with E-state index in [0.29, 0.717) is 47.9 Å². The maximum absolute atomic E-state index is 13.8. The molecule has 38 heavy (non-hydrogen) atoms. The molecule has 0 bridgehead atoms. The third-order valence-electron chi connectivity index (χ3n) is 5.75. The van der Waals surface area contributed by atoms with Gasteiger partial charge in [-0.25, -0.2) is 9.79 Å². The lowest BCUT2D eigenvalue weighted by Gasteiger charge is -2.25. The van der Waals surface area contributed by atoms with Crippen molar-refractivity contribution >= 4 is 45.3 Å². The van der Waals surface area contributed by atoms with Crippen molar-refractivity contribution in [3.8, 4) is 17.2 Å². The highest BCUT2D eigenvalue weighted by molar-refractivity contribution is 9.10. The molecule has 0 saturated carbocycles. The highest BCUT2D eigenvalue weighted by Gasteiger charge is 2.34. The van der Waals surface area contributed by atoms with E-state index in [-0.39, 0.29) is 17.7 Å². The van der Waals surface area contributed by atoms with E-state index in [2.05, 4.69) is 20.9 Å². The minimum atomic E-state index is -0.787. The van der Waals surface area contributed by atoms with Crippen LogP contribution in [-0.2, 0) is 14.3 Å². The van der Waals surface area contributed by atoms with Gasteiger partial charge in [0.25, 0.3) is 5.56 Å². The van der Waals surface area contributed by atoms with Crippen LogP contribution in [0, 0.1) is 0 Å². The Morgan fingerprint density at radius 3 is 2.45 bits per heavy atom. The van der Waals surface area contributed by atoms with Gasteiger partial charge in [-0.1, -0.05) is 23.5 Å². The molecule has 1 aromatic heterocycles. The summed E-state index contributed by atoms with van der Waals surface area (Å²) < 4.78 is 23.8. The Labute approximate surface area is 230 Å². The Morgan fingerprint density at radius 2 is 1.82 bits per heavy atom. The van der Waals surface area contributed by atoms with Crippen molar-refractivity contribution in [2.45, 2.75) is 26.8 Å². The first-order chi connectivity index (χ1) is 18.2. The highest BCUT2D eigenvalue weighted by atomic mass is 79.9. The second-order valence-electron chi connectivity index (χ2n) is 8.20. The van der Waals surface area contributed by atoms with Crippen LogP contribution in [0.25, 0.3) is 6.08 Å². The number of nitrogens with zero attached hydrogens (tertiary/aromatic N) is 2. The SMILES string of the molecule is CCOC(=O)C1=C(C)N=c2s/c(=C\c3ccc(OC(C)=O)c(Br)c3)c(=O)n2[C@H]1c1ccc(OC)c(OC)c1. The molecule has 2 aromatic carbocycles. The molecule has 1 aliphatic heterocycles. The standard InChI is InChI=1S/C27H25BrN2O7S/c1-6-36-26(33)23-14(2)29-27-30(24(23)17-8-10-20(34-4)21(13-17)35-5)25(32)22(38-27)12-16-7-9-19(18(28)11-16)37-15(3)31/h7-13,24H,6H2,1-5H3/b22-12-/t24-/m0/s1. The van der Waals surface area contributed by atoms with Crippen molar-refractivity contribution in [3.05, 3.63) is 83.0 Å². The van der Waals surface area contributed by atoms with Gasteiger partial charge in [-0.15, -0.1) is 0 Å². The highest BCUT2D eigenvalue weighted by Crippen LogP contribution is 2.36. The van der Waals surface area contributed by atoms with Crippen LogP contribution in [-0.4, -0.2) is 37.3 Å². The molecule has 9 nitrogen and oxygen atoms in total. The monoisotopic (exact) mass is 600 g/mol. The molecule has 3 aromatic rings. The van der Waals surface area contributed by atoms with E-state index in [1.807, 2.05) is 0 Å². The molecular weight excluding hydrogens is 576 g/mol. The van der Waals surface area contributed by atoms with E-state index in [4.69, 9.17) is 18.9 Å². The van der Waals surface area contributed by atoms with E-state index in [1.54, 1.807) is 56.3 Å². The van der Waals surface area contributed by atoms with Gasteiger partial charge in [0, 0.05) is 6.92 Å². The van der Waals surface area contributed by atoms with Gasteiger partial charge >= 0.3 is 11.9 Å². The van der Waals surface area contributed by atoms with Crippen LogP contribution in [0.5, 0.6) is 17.2 Å². The average Bonchev–Trinajstić information content (AvgIpc) is 3.18. The van der Waals surface area contributed by atoms with Crippen molar-refractivity contribution in [1.82, 2.24) is 4.57 Å². The van der Waals surface area contributed by atoms with Gasteiger partial charge in [0.2, 0.25) is 0 Å². The molecule has 0 amide bonds. The third kappa shape index (κ3) is 5.30. The first kappa shape index (κ1) is 27.3. The first-order valence-corrected chi connectivity index (χ1v) is 13.2. The number of hydrogen-bond acceptors (Lipinski definition) is 9. The van der Waals surface area contributed by atoms with Crippen LogP contribution in [0.1, 0.15) is 37.9 Å². The van der Waals surface area contributed by atoms with E-state index in [1.165, 1.54) is 37.0 Å². The number of ether oxygens (including phenoxy) is 4. The topological polar surface area (TPSA) is 105 Å². The van der Waals surface area contributed by atoms with E-state index in [9.17, 15) is 14.4 Å². The van der Waals surface area contributed by atoms with Crippen LogP contribution < -0.4 is 29.1 Å². The molecule has 11 heteroatoms. The molecule has 2 heterocycles. The molecule has 1 atom stereocenters. The smallest absolute Gasteiger partial charge is 0.338 e. The Bertz CT molecular complexity index is 1640. The van der Waals surface area contributed by atoms with Gasteiger partial charge in [0.15, 0.2) is 16.3 Å². The normalized spacial score (nSPS) is 15.0. The number of esters is 2. The Morgan fingerprint density at radius 1 is 1.11 bits per heavy atom. The third-order valence-corrected chi connectivity index (χ3v) is 7.35. The zero-order valence-corrected chi connectivity index (χ0v) is 23.8. The number of aromatic nitrogens is 1. The number of benzene rings is 2.